The van der Waals surface area contributed by atoms with Crippen LogP contribution in [0.1, 0.15) is 51.2 Å². The molecule has 0 aliphatic carbocycles. The Balaban J connectivity index is 2.41. The van der Waals surface area contributed by atoms with Crippen molar-refractivity contribution in [1.82, 2.24) is 5.32 Å². The third kappa shape index (κ3) is 5.23. The molecule has 1 rings (SSSR count). The lowest BCUT2D eigenvalue weighted by molar-refractivity contribution is 0.235. The predicted molar refractivity (Wildman–Crippen MR) is 74.5 cm³/mol. The lowest BCUT2D eigenvalue weighted by atomic mass is 9.94. The van der Waals surface area contributed by atoms with Crippen LogP contribution in [0, 0.1) is 18.8 Å². The first kappa shape index (κ1) is 15.3. The summed E-state index contributed by atoms with van der Waals surface area (Å²) < 4.78 is 5.61. The molecular weight excluding hydrogens is 226 g/mol. The minimum Gasteiger partial charge on any atom is -0.465 e. The van der Waals surface area contributed by atoms with Crippen molar-refractivity contribution in [2.75, 3.05) is 13.2 Å². The van der Waals surface area contributed by atoms with E-state index in [1.54, 1.807) is 0 Å². The predicted octanol–water partition coefficient (Wildman–Crippen LogP) is 3.28. The molecule has 3 nitrogen and oxygen atoms in total. The van der Waals surface area contributed by atoms with Crippen LogP contribution in [0.15, 0.2) is 16.5 Å². The smallest absolute Gasteiger partial charge is 0.120 e. The minimum atomic E-state index is 0.229. The van der Waals surface area contributed by atoms with Gasteiger partial charge in [-0.1, -0.05) is 13.8 Å². The molecular formula is C15H27NO2. The third-order valence-corrected chi connectivity index (χ3v) is 3.24. The highest BCUT2D eigenvalue weighted by Crippen LogP contribution is 2.18. The number of furan rings is 1. The summed E-state index contributed by atoms with van der Waals surface area (Å²) in [5.41, 5.74) is 0. The average Bonchev–Trinajstić information content (AvgIpc) is 2.72. The van der Waals surface area contributed by atoms with Crippen LogP contribution in [0.25, 0.3) is 0 Å². The molecule has 0 fully saturated rings. The molecule has 0 aliphatic rings. The molecule has 0 spiro atoms. The Morgan fingerprint density at radius 2 is 2.00 bits per heavy atom. The van der Waals surface area contributed by atoms with Crippen LogP contribution in [-0.2, 0) is 0 Å². The van der Waals surface area contributed by atoms with E-state index in [1.165, 1.54) is 0 Å². The Kier molecular flexibility index (Phi) is 6.44. The molecule has 1 aromatic rings. The van der Waals surface area contributed by atoms with Crippen molar-refractivity contribution in [3.63, 3.8) is 0 Å². The molecule has 2 unspecified atom stereocenters. The van der Waals surface area contributed by atoms with Crippen molar-refractivity contribution in [2.24, 2.45) is 11.8 Å². The van der Waals surface area contributed by atoms with Gasteiger partial charge >= 0.3 is 0 Å². The first-order valence-corrected chi connectivity index (χ1v) is 6.93. The number of hydrogen-bond acceptors (Lipinski definition) is 3. The Morgan fingerprint density at radius 1 is 1.28 bits per heavy atom. The highest BCUT2D eigenvalue weighted by Gasteiger charge is 2.14. The van der Waals surface area contributed by atoms with Crippen LogP contribution in [0.2, 0.25) is 0 Å². The summed E-state index contributed by atoms with van der Waals surface area (Å²) in [6.45, 7) is 9.73. The third-order valence-electron chi connectivity index (χ3n) is 3.24. The Bertz CT molecular complexity index is 333. The average molecular weight is 253 g/mol. The Labute approximate surface area is 111 Å². The molecule has 0 amide bonds. The van der Waals surface area contributed by atoms with Gasteiger partial charge in [-0.2, -0.15) is 0 Å². The maximum absolute atomic E-state index is 9.09. The van der Waals surface area contributed by atoms with Crippen LogP contribution in [0.4, 0.5) is 0 Å². The number of hydrogen-bond donors (Lipinski definition) is 2. The van der Waals surface area contributed by atoms with Gasteiger partial charge in [-0.15, -0.1) is 0 Å². The number of aliphatic hydroxyl groups excluding tert-OH is 1. The molecule has 104 valence electrons. The summed E-state index contributed by atoms with van der Waals surface area (Å²) >= 11 is 0. The van der Waals surface area contributed by atoms with E-state index < -0.39 is 0 Å². The molecule has 18 heavy (non-hydrogen) atoms. The largest absolute Gasteiger partial charge is 0.465 e. The van der Waals surface area contributed by atoms with Crippen molar-refractivity contribution in [3.05, 3.63) is 23.7 Å². The van der Waals surface area contributed by atoms with Crippen molar-refractivity contribution < 1.29 is 9.52 Å². The molecule has 0 bridgehead atoms. The second kappa shape index (κ2) is 7.59. The zero-order chi connectivity index (χ0) is 13.5. The Morgan fingerprint density at radius 3 is 2.50 bits per heavy atom. The molecule has 3 heteroatoms. The van der Waals surface area contributed by atoms with Crippen LogP contribution in [0.5, 0.6) is 0 Å². The number of rotatable bonds is 8. The van der Waals surface area contributed by atoms with Gasteiger partial charge in [0.25, 0.3) is 0 Å². The van der Waals surface area contributed by atoms with E-state index in [4.69, 9.17) is 9.52 Å². The second-order valence-corrected chi connectivity index (χ2v) is 5.59. The van der Waals surface area contributed by atoms with Gasteiger partial charge in [-0.05, 0) is 57.2 Å². The first-order valence-electron chi connectivity index (χ1n) is 6.93. The van der Waals surface area contributed by atoms with E-state index in [-0.39, 0.29) is 12.6 Å². The molecule has 2 atom stereocenters. The summed E-state index contributed by atoms with van der Waals surface area (Å²) in [6, 6.07) is 4.25. The Hall–Kier alpha value is -0.800. The summed E-state index contributed by atoms with van der Waals surface area (Å²) in [6.07, 6.45) is 2.02. The number of aliphatic hydroxyl groups is 1. The normalized spacial score (nSPS) is 15.0. The van der Waals surface area contributed by atoms with E-state index in [9.17, 15) is 0 Å². The van der Waals surface area contributed by atoms with Gasteiger partial charge < -0.3 is 14.8 Å². The number of aryl methyl sites for hydroxylation is 1. The summed E-state index contributed by atoms with van der Waals surface area (Å²) in [5, 5.41) is 12.6. The van der Waals surface area contributed by atoms with Crippen LogP contribution in [0.3, 0.4) is 0 Å². The van der Waals surface area contributed by atoms with Crippen molar-refractivity contribution >= 4 is 0 Å². The summed E-state index contributed by atoms with van der Waals surface area (Å²) in [7, 11) is 0. The maximum Gasteiger partial charge on any atom is 0.120 e. The molecule has 0 radical (unpaired) electrons. The fraction of sp³-hybridized carbons (Fsp3) is 0.733. The standard InChI is InChI=1S/C15H27NO2/c1-11(2)9-14(7-8-17)10-16-13(4)15-6-5-12(3)18-15/h5-6,11,13-14,16-17H,7-10H2,1-4H3. The van der Waals surface area contributed by atoms with Gasteiger partial charge in [0.2, 0.25) is 0 Å². The van der Waals surface area contributed by atoms with Crippen LogP contribution < -0.4 is 5.32 Å². The van der Waals surface area contributed by atoms with Gasteiger partial charge in [-0.25, -0.2) is 0 Å². The van der Waals surface area contributed by atoms with Gasteiger partial charge in [0.15, 0.2) is 0 Å². The summed E-state index contributed by atoms with van der Waals surface area (Å²) in [4.78, 5) is 0. The van der Waals surface area contributed by atoms with E-state index >= 15 is 0 Å². The van der Waals surface area contributed by atoms with E-state index in [2.05, 4.69) is 26.1 Å². The van der Waals surface area contributed by atoms with Crippen LogP contribution in [-0.4, -0.2) is 18.3 Å². The highest BCUT2D eigenvalue weighted by molar-refractivity contribution is 5.08. The number of nitrogens with one attached hydrogen (secondary N) is 1. The maximum atomic E-state index is 9.09. The zero-order valence-corrected chi connectivity index (χ0v) is 12.1. The summed E-state index contributed by atoms with van der Waals surface area (Å²) in [5.74, 6) is 3.14. The van der Waals surface area contributed by atoms with Crippen molar-refractivity contribution in [3.8, 4) is 0 Å². The molecule has 0 aliphatic heterocycles. The SMILES string of the molecule is Cc1ccc(C(C)NCC(CCO)CC(C)C)o1. The molecule has 0 saturated carbocycles. The van der Waals surface area contributed by atoms with Gasteiger partial charge in [0.1, 0.15) is 11.5 Å². The topological polar surface area (TPSA) is 45.4 Å². The van der Waals surface area contributed by atoms with Gasteiger partial charge in [0.05, 0.1) is 6.04 Å². The zero-order valence-electron chi connectivity index (χ0n) is 12.1. The lowest BCUT2D eigenvalue weighted by Crippen LogP contribution is -2.27. The van der Waals surface area contributed by atoms with E-state index in [0.29, 0.717) is 11.8 Å². The van der Waals surface area contributed by atoms with E-state index in [1.807, 2.05) is 19.1 Å². The molecule has 0 saturated heterocycles. The molecule has 0 aromatic carbocycles. The molecule has 2 N–H and O–H groups in total. The molecule has 1 aromatic heterocycles. The second-order valence-electron chi connectivity index (χ2n) is 5.59. The quantitative estimate of drug-likeness (QED) is 0.747. The van der Waals surface area contributed by atoms with E-state index in [0.717, 1.165) is 30.9 Å². The van der Waals surface area contributed by atoms with Gasteiger partial charge in [-0.3, -0.25) is 0 Å². The van der Waals surface area contributed by atoms with Gasteiger partial charge in [0, 0.05) is 6.61 Å². The van der Waals surface area contributed by atoms with Crippen molar-refractivity contribution in [2.45, 2.75) is 46.6 Å². The monoisotopic (exact) mass is 253 g/mol. The minimum absolute atomic E-state index is 0.229. The highest BCUT2D eigenvalue weighted by atomic mass is 16.3. The fourth-order valence-corrected chi connectivity index (χ4v) is 2.28. The first-order chi connectivity index (χ1) is 8.52. The lowest BCUT2D eigenvalue weighted by Gasteiger charge is -2.21. The van der Waals surface area contributed by atoms with Crippen molar-refractivity contribution in [1.29, 1.82) is 0 Å². The molecule has 1 heterocycles. The van der Waals surface area contributed by atoms with Crippen LogP contribution >= 0.6 is 0 Å². The fourth-order valence-electron chi connectivity index (χ4n) is 2.28.